The Morgan fingerprint density at radius 2 is 2.12 bits per heavy atom. The van der Waals surface area contributed by atoms with E-state index in [0.717, 1.165) is 5.56 Å². The number of rotatable bonds is 6. The van der Waals surface area contributed by atoms with Gasteiger partial charge in [-0.3, -0.25) is 0 Å². The van der Waals surface area contributed by atoms with Crippen molar-refractivity contribution in [3.63, 3.8) is 0 Å². The quantitative estimate of drug-likeness (QED) is 0.754. The molecule has 0 heterocycles. The lowest BCUT2D eigenvalue weighted by Gasteiger charge is -2.14. The zero-order valence-electron chi connectivity index (χ0n) is 9.70. The van der Waals surface area contributed by atoms with Crippen molar-refractivity contribution in [3.8, 4) is 0 Å². The van der Waals surface area contributed by atoms with E-state index in [9.17, 15) is 12.8 Å². The molecule has 0 fully saturated rings. The zero-order valence-corrected chi connectivity index (χ0v) is 12.1. The minimum absolute atomic E-state index is 0.0343. The van der Waals surface area contributed by atoms with Gasteiger partial charge in [0.1, 0.15) is 15.7 Å². The van der Waals surface area contributed by atoms with Gasteiger partial charge in [-0.25, -0.2) is 12.8 Å². The summed E-state index contributed by atoms with van der Waals surface area (Å²) in [5, 5.41) is 0.635. The van der Waals surface area contributed by atoms with Gasteiger partial charge in [0, 0.05) is 11.1 Å². The minimum atomic E-state index is -2.96. The van der Waals surface area contributed by atoms with Crippen molar-refractivity contribution in [2.45, 2.75) is 19.3 Å². The van der Waals surface area contributed by atoms with Gasteiger partial charge in [0.25, 0.3) is 0 Å². The smallest absolute Gasteiger partial charge is 0.150 e. The Labute approximate surface area is 110 Å². The van der Waals surface area contributed by atoms with Gasteiger partial charge in [-0.05, 0) is 30.0 Å². The van der Waals surface area contributed by atoms with Crippen molar-refractivity contribution in [1.29, 1.82) is 0 Å². The van der Waals surface area contributed by atoms with Crippen LogP contribution < -0.4 is 0 Å². The maximum atomic E-state index is 13.1. The van der Waals surface area contributed by atoms with Crippen molar-refractivity contribution in [1.82, 2.24) is 0 Å². The summed E-state index contributed by atoms with van der Waals surface area (Å²) in [5.74, 6) is 0.0559. The molecule has 0 aliphatic heterocycles. The maximum absolute atomic E-state index is 13.1. The minimum Gasteiger partial charge on any atom is -0.229 e. The number of alkyl halides is 1. The molecule has 0 N–H and O–H groups in total. The molecule has 0 aliphatic carbocycles. The van der Waals surface area contributed by atoms with Crippen LogP contribution in [0.5, 0.6) is 0 Å². The van der Waals surface area contributed by atoms with Gasteiger partial charge in [-0.15, -0.1) is 0 Å². The number of benzene rings is 1. The van der Waals surface area contributed by atoms with E-state index in [0.29, 0.717) is 11.8 Å². The first-order chi connectivity index (χ1) is 7.98. The van der Waals surface area contributed by atoms with Crippen LogP contribution in [0.25, 0.3) is 0 Å². The van der Waals surface area contributed by atoms with E-state index in [1.165, 1.54) is 12.1 Å². The fourth-order valence-electron chi connectivity index (χ4n) is 1.56. The summed E-state index contributed by atoms with van der Waals surface area (Å²) >= 11 is 3.35. The predicted molar refractivity (Wildman–Crippen MR) is 71.9 cm³/mol. The molecule has 0 aromatic heterocycles. The van der Waals surface area contributed by atoms with E-state index in [1.807, 2.05) is 6.07 Å². The summed E-state index contributed by atoms with van der Waals surface area (Å²) in [6, 6.07) is 6.32. The average Bonchev–Trinajstić information content (AvgIpc) is 2.30. The summed E-state index contributed by atoms with van der Waals surface area (Å²) in [7, 11) is -2.96. The number of hydrogen-bond donors (Lipinski definition) is 0. The molecule has 0 saturated carbocycles. The Morgan fingerprint density at radius 1 is 1.41 bits per heavy atom. The second kappa shape index (κ2) is 6.50. The molecular weight excluding hydrogens is 307 g/mol. The van der Waals surface area contributed by atoms with Crippen LogP contribution >= 0.6 is 15.9 Å². The van der Waals surface area contributed by atoms with Crippen LogP contribution in [-0.2, 0) is 9.84 Å². The molecule has 1 atom stereocenters. The summed E-state index contributed by atoms with van der Waals surface area (Å²) < 4.78 is 35.9. The Morgan fingerprint density at radius 3 is 2.65 bits per heavy atom. The molecule has 1 aromatic carbocycles. The third-order valence-electron chi connectivity index (χ3n) is 2.72. The number of halogens is 2. The van der Waals surface area contributed by atoms with Crippen molar-refractivity contribution in [3.05, 3.63) is 35.6 Å². The van der Waals surface area contributed by atoms with Gasteiger partial charge in [-0.1, -0.05) is 35.0 Å². The fourth-order valence-corrected chi connectivity index (χ4v) is 3.19. The normalized spacial score (nSPS) is 13.6. The fraction of sp³-hybridized carbons (Fsp3) is 0.500. The van der Waals surface area contributed by atoms with Crippen LogP contribution in [0.3, 0.4) is 0 Å². The van der Waals surface area contributed by atoms with Gasteiger partial charge in [0.05, 0.1) is 5.75 Å². The van der Waals surface area contributed by atoms with Gasteiger partial charge < -0.3 is 0 Å². The van der Waals surface area contributed by atoms with Crippen LogP contribution in [0.1, 0.15) is 24.8 Å². The summed E-state index contributed by atoms with van der Waals surface area (Å²) in [6.07, 6.45) is 0.519. The van der Waals surface area contributed by atoms with Gasteiger partial charge in [-0.2, -0.15) is 0 Å². The highest BCUT2D eigenvalue weighted by molar-refractivity contribution is 9.09. The van der Waals surface area contributed by atoms with Crippen LogP contribution in [0.2, 0.25) is 0 Å². The van der Waals surface area contributed by atoms with E-state index in [1.54, 1.807) is 13.0 Å². The molecule has 0 spiro atoms. The van der Waals surface area contributed by atoms with Crippen LogP contribution in [0.4, 0.5) is 4.39 Å². The molecule has 1 unspecified atom stereocenters. The molecule has 0 aliphatic rings. The Bertz CT molecular complexity index is 459. The topological polar surface area (TPSA) is 34.1 Å². The number of sulfone groups is 1. The van der Waals surface area contributed by atoms with E-state index in [4.69, 9.17) is 0 Å². The molecule has 0 radical (unpaired) electrons. The molecule has 1 rings (SSSR count). The highest BCUT2D eigenvalue weighted by Crippen LogP contribution is 2.23. The van der Waals surface area contributed by atoms with Crippen LogP contribution in [-0.4, -0.2) is 25.3 Å². The second-order valence-corrected chi connectivity index (χ2v) is 7.05. The van der Waals surface area contributed by atoms with Crippen LogP contribution in [0.15, 0.2) is 24.3 Å². The molecule has 96 valence electrons. The lowest BCUT2D eigenvalue weighted by molar-refractivity contribution is 0.589. The molecule has 17 heavy (non-hydrogen) atoms. The molecule has 1 aromatic rings. The van der Waals surface area contributed by atoms with E-state index >= 15 is 0 Å². The summed E-state index contributed by atoms with van der Waals surface area (Å²) in [5.41, 5.74) is 0.841. The second-order valence-electron chi connectivity index (χ2n) is 3.93. The third kappa shape index (κ3) is 4.76. The van der Waals surface area contributed by atoms with Crippen molar-refractivity contribution in [2.75, 3.05) is 16.8 Å². The van der Waals surface area contributed by atoms with Gasteiger partial charge in [0.15, 0.2) is 0 Å². The SMILES string of the molecule is CCS(=O)(=O)CCC(CBr)c1cccc(F)c1. The van der Waals surface area contributed by atoms with Crippen LogP contribution in [0, 0.1) is 5.82 Å². The molecule has 2 nitrogen and oxygen atoms in total. The van der Waals surface area contributed by atoms with Crippen molar-refractivity contribution < 1.29 is 12.8 Å². The number of hydrogen-bond acceptors (Lipinski definition) is 2. The Hall–Kier alpha value is -0.420. The van der Waals surface area contributed by atoms with Gasteiger partial charge in [0.2, 0.25) is 0 Å². The van der Waals surface area contributed by atoms with E-state index in [2.05, 4.69) is 15.9 Å². The first kappa shape index (κ1) is 14.6. The molecule has 0 amide bonds. The lowest BCUT2D eigenvalue weighted by Crippen LogP contribution is -2.13. The van der Waals surface area contributed by atoms with Crippen molar-refractivity contribution >= 4 is 25.8 Å². The zero-order chi connectivity index (χ0) is 12.9. The molecule has 0 saturated heterocycles. The Balaban J connectivity index is 2.73. The van der Waals surface area contributed by atoms with Gasteiger partial charge >= 0.3 is 0 Å². The van der Waals surface area contributed by atoms with Crippen molar-refractivity contribution in [2.24, 2.45) is 0 Å². The molecular formula is C12H16BrFO2S. The first-order valence-electron chi connectivity index (χ1n) is 5.50. The summed E-state index contributed by atoms with van der Waals surface area (Å²) in [4.78, 5) is 0. The first-order valence-corrected chi connectivity index (χ1v) is 8.44. The molecule has 0 bridgehead atoms. The maximum Gasteiger partial charge on any atom is 0.150 e. The average molecular weight is 323 g/mol. The van der Waals surface area contributed by atoms with E-state index < -0.39 is 9.84 Å². The summed E-state index contributed by atoms with van der Waals surface area (Å²) in [6.45, 7) is 1.64. The predicted octanol–water partition coefficient (Wildman–Crippen LogP) is 3.13. The Kier molecular flexibility index (Phi) is 5.59. The highest BCUT2D eigenvalue weighted by atomic mass is 79.9. The monoisotopic (exact) mass is 322 g/mol. The van der Waals surface area contributed by atoms with E-state index in [-0.39, 0.29) is 23.2 Å². The highest BCUT2D eigenvalue weighted by Gasteiger charge is 2.15. The standard InChI is InChI=1S/C12H16BrFO2S/c1-2-17(15,16)7-6-11(9-13)10-4-3-5-12(14)8-10/h3-5,8,11H,2,6-7,9H2,1H3. The largest absolute Gasteiger partial charge is 0.229 e. The molecule has 5 heteroatoms. The lowest BCUT2D eigenvalue weighted by atomic mass is 9.99. The third-order valence-corrected chi connectivity index (χ3v) is 5.24.